The highest BCUT2D eigenvalue weighted by atomic mass is 35.5. The Hall–Kier alpha value is -2.43. The summed E-state index contributed by atoms with van der Waals surface area (Å²) in [5.41, 5.74) is 0.422. The number of hydrogen-bond acceptors (Lipinski definition) is 4. The fourth-order valence-corrected chi connectivity index (χ4v) is 5.27. The summed E-state index contributed by atoms with van der Waals surface area (Å²) in [5.74, 6) is -3.05. The Kier molecular flexibility index (Phi) is 11.1. The van der Waals surface area contributed by atoms with Crippen molar-refractivity contribution >= 4 is 50.7 Å². The number of sulfonamides is 1. The number of nitrogens with zero attached hydrogens (tertiary/aromatic N) is 2. The number of hydrogen-bond donors (Lipinski definition) is 1. The lowest BCUT2D eigenvalue weighted by atomic mass is 10.1. The number of rotatable bonds is 12. The fraction of sp³-hybridized carbons (Fsp3) is 0.440. The zero-order chi connectivity index (χ0) is 27.9. The van der Waals surface area contributed by atoms with Crippen LogP contribution in [0.1, 0.15) is 45.6 Å². The highest BCUT2D eigenvalue weighted by Crippen LogP contribution is 2.28. The molecule has 0 spiro atoms. The van der Waals surface area contributed by atoms with Crippen LogP contribution in [0.5, 0.6) is 0 Å². The van der Waals surface area contributed by atoms with Gasteiger partial charge in [-0.25, -0.2) is 17.2 Å². The first-order valence-corrected chi connectivity index (χ1v) is 14.3. The van der Waals surface area contributed by atoms with E-state index in [2.05, 4.69) is 5.32 Å². The first kappa shape index (κ1) is 30.8. The highest BCUT2D eigenvalue weighted by molar-refractivity contribution is 7.92. The molecule has 0 aliphatic heterocycles. The van der Waals surface area contributed by atoms with Gasteiger partial charge in [0.05, 0.1) is 11.9 Å². The van der Waals surface area contributed by atoms with Crippen molar-refractivity contribution in [2.75, 3.05) is 17.1 Å². The number of carbonyl (C=O) groups is 2. The molecule has 2 rings (SSSR count). The third kappa shape index (κ3) is 8.55. The van der Waals surface area contributed by atoms with Crippen LogP contribution in [0.4, 0.5) is 14.5 Å². The molecule has 12 heteroatoms. The van der Waals surface area contributed by atoms with Crippen molar-refractivity contribution in [2.45, 2.75) is 58.7 Å². The Morgan fingerprint density at radius 2 is 1.68 bits per heavy atom. The Morgan fingerprint density at radius 1 is 1.05 bits per heavy atom. The van der Waals surface area contributed by atoms with Crippen LogP contribution in [0.3, 0.4) is 0 Å². The summed E-state index contributed by atoms with van der Waals surface area (Å²) in [6, 6.07) is 6.73. The van der Waals surface area contributed by atoms with Crippen LogP contribution in [-0.2, 0) is 26.2 Å². The van der Waals surface area contributed by atoms with Crippen molar-refractivity contribution < 1.29 is 26.8 Å². The van der Waals surface area contributed by atoms with Crippen molar-refractivity contribution in [3.8, 4) is 0 Å². The van der Waals surface area contributed by atoms with E-state index in [1.165, 1.54) is 4.90 Å². The molecule has 0 saturated carbocycles. The molecule has 1 N–H and O–H groups in total. The average molecular weight is 579 g/mol. The second-order valence-corrected chi connectivity index (χ2v) is 11.6. The van der Waals surface area contributed by atoms with E-state index in [0.717, 1.165) is 28.8 Å². The second kappa shape index (κ2) is 13.4. The van der Waals surface area contributed by atoms with Gasteiger partial charge < -0.3 is 10.2 Å². The Balaban J connectivity index is 2.29. The van der Waals surface area contributed by atoms with Crippen LogP contribution < -0.4 is 9.62 Å². The maximum atomic E-state index is 13.7. The summed E-state index contributed by atoms with van der Waals surface area (Å²) >= 11 is 12.6. The monoisotopic (exact) mass is 577 g/mol. The van der Waals surface area contributed by atoms with Crippen molar-refractivity contribution in [3.05, 3.63) is 63.6 Å². The van der Waals surface area contributed by atoms with Gasteiger partial charge in [0.1, 0.15) is 6.04 Å². The molecule has 7 nitrogen and oxygen atoms in total. The van der Waals surface area contributed by atoms with E-state index >= 15 is 0 Å². The van der Waals surface area contributed by atoms with E-state index in [4.69, 9.17) is 23.2 Å². The standard InChI is InChI=1S/C25H31Cl2F2N3O4S/c1-5-23(25(34)30-16(2)3)31(15-18-19(26)8-6-9-20(18)27)24(33)10-7-13-32(37(4,35)36)17-11-12-21(28)22(29)14-17/h6,8-9,11-12,14,16,23H,5,7,10,13,15H2,1-4H3,(H,30,34)/t23-/m0/s1. The van der Waals surface area contributed by atoms with E-state index in [9.17, 15) is 26.8 Å². The first-order valence-electron chi connectivity index (χ1n) is 11.7. The summed E-state index contributed by atoms with van der Waals surface area (Å²) in [5, 5.41) is 3.49. The maximum absolute atomic E-state index is 13.7. The summed E-state index contributed by atoms with van der Waals surface area (Å²) in [6.07, 6.45) is 1.19. The molecular formula is C25H31Cl2F2N3O4S. The molecule has 0 aliphatic rings. The number of anilines is 1. The lowest BCUT2D eigenvalue weighted by molar-refractivity contribution is -0.141. The molecule has 37 heavy (non-hydrogen) atoms. The topological polar surface area (TPSA) is 86.8 Å². The molecule has 2 aromatic carbocycles. The van der Waals surface area contributed by atoms with Gasteiger partial charge in [-0.1, -0.05) is 36.2 Å². The van der Waals surface area contributed by atoms with Crippen molar-refractivity contribution in [1.82, 2.24) is 10.2 Å². The Labute approximate surface area is 226 Å². The van der Waals surface area contributed by atoms with Gasteiger partial charge in [0, 0.05) is 47.2 Å². The Morgan fingerprint density at radius 3 is 2.19 bits per heavy atom. The minimum atomic E-state index is -3.85. The number of benzene rings is 2. The normalized spacial score (nSPS) is 12.4. The van der Waals surface area contributed by atoms with Crippen molar-refractivity contribution in [2.24, 2.45) is 0 Å². The first-order chi connectivity index (χ1) is 17.3. The molecule has 204 valence electrons. The third-order valence-corrected chi connectivity index (χ3v) is 7.45. The predicted molar refractivity (Wildman–Crippen MR) is 142 cm³/mol. The maximum Gasteiger partial charge on any atom is 0.243 e. The molecule has 0 bridgehead atoms. The molecule has 1 atom stereocenters. The molecule has 0 fully saturated rings. The summed E-state index contributed by atoms with van der Waals surface area (Å²) in [4.78, 5) is 27.7. The van der Waals surface area contributed by atoms with E-state index < -0.39 is 33.6 Å². The van der Waals surface area contributed by atoms with Gasteiger partial charge >= 0.3 is 0 Å². The molecule has 0 saturated heterocycles. The second-order valence-electron chi connectivity index (χ2n) is 8.85. The van der Waals surface area contributed by atoms with Crippen LogP contribution in [0, 0.1) is 11.6 Å². The van der Waals surface area contributed by atoms with Gasteiger partial charge in [0.15, 0.2) is 11.6 Å². The van der Waals surface area contributed by atoms with Crippen molar-refractivity contribution in [1.29, 1.82) is 0 Å². The minimum absolute atomic E-state index is 0.0275. The van der Waals surface area contributed by atoms with E-state index in [0.29, 0.717) is 22.0 Å². The molecule has 0 heterocycles. The van der Waals surface area contributed by atoms with E-state index in [1.807, 2.05) is 0 Å². The lowest BCUT2D eigenvalue weighted by Gasteiger charge is -2.32. The summed E-state index contributed by atoms with van der Waals surface area (Å²) in [6.45, 7) is 5.19. The van der Waals surface area contributed by atoms with Crippen LogP contribution in [0.25, 0.3) is 0 Å². The van der Waals surface area contributed by atoms with Gasteiger partial charge in [-0.3, -0.25) is 13.9 Å². The number of amides is 2. The summed E-state index contributed by atoms with van der Waals surface area (Å²) in [7, 11) is -3.85. The van der Waals surface area contributed by atoms with Gasteiger partial charge in [0.2, 0.25) is 21.8 Å². The average Bonchev–Trinajstić information content (AvgIpc) is 2.79. The van der Waals surface area contributed by atoms with Gasteiger partial charge in [0.25, 0.3) is 0 Å². The molecule has 0 unspecified atom stereocenters. The number of halogens is 4. The van der Waals surface area contributed by atoms with E-state index in [1.54, 1.807) is 39.0 Å². The fourth-order valence-electron chi connectivity index (χ4n) is 3.80. The minimum Gasteiger partial charge on any atom is -0.352 e. The smallest absolute Gasteiger partial charge is 0.243 e. The molecule has 0 aliphatic carbocycles. The van der Waals surface area contributed by atoms with Gasteiger partial charge in [-0.15, -0.1) is 0 Å². The molecule has 0 radical (unpaired) electrons. The zero-order valence-corrected chi connectivity index (χ0v) is 23.4. The quantitative estimate of drug-likeness (QED) is 0.378. The molecule has 0 aromatic heterocycles. The van der Waals surface area contributed by atoms with Crippen LogP contribution in [-0.4, -0.2) is 50.0 Å². The van der Waals surface area contributed by atoms with Crippen LogP contribution >= 0.6 is 23.2 Å². The SMILES string of the molecule is CC[C@@H](C(=O)NC(C)C)N(Cc1c(Cl)cccc1Cl)C(=O)CCCN(c1ccc(F)c(F)c1)S(C)(=O)=O. The van der Waals surface area contributed by atoms with Crippen LogP contribution in [0.15, 0.2) is 36.4 Å². The van der Waals surface area contributed by atoms with Gasteiger partial charge in [-0.05, 0) is 51.0 Å². The van der Waals surface area contributed by atoms with Gasteiger partial charge in [-0.2, -0.15) is 0 Å². The predicted octanol–water partition coefficient (Wildman–Crippen LogP) is 5.15. The highest BCUT2D eigenvalue weighted by Gasteiger charge is 2.30. The third-order valence-electron chi connectivity index (χ3n) is 5.55. The van der Waals surface area contributed by atoms with Crippen molar-refractivity contribution in [3.63, 3.8) is 0 Å². The molecule has 2 amide bonds. The van der Waals surface area contributed by atoms with Crippen LogP contribution in [0.2, 0.25) is 10.0 Å². The zero-order valence-electron chi connectivity index (χ0n) is 21.1. The molecular weight excluding hydrogens is 547 g/mol. The number of carbonyl (C=O) groups excluding carboxylic acids is 2. The molecule has 2 aromatic rings. The largest absolute Gasteiger partial charge is 0.352 e. The lowest BCUT2D eigenvalue weighted by Crippen LogP contribution is -2.50. The number of nitrogens with one attached hydrogen (secondary N) is 1. The summed E-state index contributed by atoms with van der Waals surface area (Å²) < 4.78 is 52.7. The Bertz CT molecular complexity index is 1210. The van der Waals surface area contributed by atoms with E-state index in [-0.39, 0.29) is 43.6 Å².